The molecule has 2 saturated heterocycles. The Morgan fingerprint density at radius 3 is 2.45 bits per heavy atom. The molecule has 1 unspecified atom stereocenters. The summed E-state index contributed by atoms with van der Waals surface area (Å²) in [6, 6.07) is 16.8. The Bertz CT molecular complexity index is 907. The van der Waals surface area contributed by atoms with Gasteiger partial charge in [0.05, 0.1) is 18.2 Å². The van der Waals surface area contributed by atoms with Crippen molar-refractivity contribution in [2.75, 3.05) is 37.6 Å². The Kier molecular flexibility index (Phi) is 6.09. The number of carbonyl (C=O) groups is 2. The van der Waals surface area contributed by atoms with E-state index >= 15 is 0 Å². The predicted molar refractivity (Wildman–Crippen MR) is 116 cm³/mol. The first-order valence-corrected chi connectivity index (χ1v) is 10.3. The average molecular weight is 410 g/mol. The third-order valence-corrected chi connectivity index (χ3v) is 5.75. The average Bonchev–Trinajstić information content (AvgIpc) is 3.03. The zero-order valence-corrected chi connectivity index (χ0v) is 17.0. The van der Waals surface area contributed by atoms with Crippen LogP contribution in [-0.4, -0.2) is 60.4 Å². The zero-order chi connectivity index (χ0) is 20.2. The van der Waals surface area contributed by atoms with Crippen LogP contribution in [0.4, 0.5) is 5.69 Å². The highest BCUT2D eigenvalue weighted by atomic mass is 35.5. The Morgan fingerprint density at radius 1 is 0.966 bits per heavy atom. The van der Waals surface area contributed by atoms with Crippen LogP contribution < -0.4 is 4.90 Å². The first kappa shape index (κ1) is 19.8. The lowest BCUT2D eigenvalue weighted by Crippen LogP contribution is -2.52. The Morgan fingerprint density at radius 2 is 1.72 bits per heavy atom. The van der Waals surface area contributed by atoms with Crippen LogP contribution in [0.15, 0.2) is 60.7 Å². The number of rotatable bonds is 5. The molecular formula is C23H24ClN3O2. The number of imide groups is 1. The highest BCUT2D eigenvalue weighted by Gasteiger charge is 2.43. The monoisotopic (exact) mass is 409 g/mol. The van der Waals surface area contributed by atoms with Crippen molar-refractivity contribution in [3.05, 3.63) is 71.3 Å². The van der Waals surface area contributed by atoms with Gasteiger partial charge in [0.1, 0.15) is 0 Å². The van der Waals surface area contributed by atoms with Gasteiger partial charge in [-0.1, -0.05) is 60.2 Å². The number of amides is 2. The molecule has 1 atom stereocenters. The van der Waals surface area contributed by atoms with E-state index in [0.717, 1.165) is 32.7 Å². The third-order valence-electron chi connectivity index (χ3n) is 5.51. The van der Waals surface area contributed by atoms with Crippen molar-refractivity contribution < 1.29 is 9.59 Å². The minimum absolute atomic E-state index is 0.144. The molecule has 2 aromatic carbocycles. The van der Waals surface area contributed by atoms with Crippen molar-refractivity contribution in [2.45, 2.75) is 12.5 Å². The van der Waals surface area contributed by atoms with Crippen molar-refractivity contribution in [3.8, 4) is 0 Å². The van der Waals surface area contributed by atoms with E-state index in [2.05, 4.69) is 34.1 Å². The van der Waals surface area contributed by atoms with Crippen LogP contribution in [0, 0.1) is 0 Å². The Hall–Kier alpha value is -2.47. The summed E-state index contributed by atoms with van der Waals surface area (Å²) in [7, 11) is 0. The molecule has 0 bridgehead atoms. The molecule has 5 nitrogen and oxygen atoms in total. The van der Waals surface area contributed by atoms with Crippen LogP contribution in [0.5, 0.6) is 0 Å². The molecular weight excluding hydrogens is 386 g/mol. The van der Waals surface area contributed by atoms with Gasteiger partial charge in [0.2, 0.25) is 5.91 Å². The normalized spacial score (nSPS) is 21.4. The molecule has 4 rings (SSSR count). The van der Waals surface area contributed by atoms with Crippen molar-refractivity contribution >= 4 is 35.2 Å². The number of hydrogen-bond donors (Lipinski definition) is 0. The molecule has 0 saturated carbocycles. The highest BCUT2D eigenvalue weighted by molar-refractivity contribution is 6.31. The maximum atomic E-state index is 12.9. The summed E-state index contributed by atoms with van der Waals surface area (Å²) in [6.07, 6.45) is 4.55. The number of carbonyl (C=O) groups excluding carboxylic acids is 2. The Labute approximate surface area is 176 Å². The summed E-state index contributed by atoms with van der Waals surface area (Å²) in [5.74, 6) is -0.301. The van der Waals surface area contributed by atoms with Crippen LogP contribution in [0.3, 0.4) is 0 Å². The summed E-state index contributed by atoms with van der Waals surface area (Å²) in [6.45, 7) is 4.22. The molecule has 0 aromatic heterocycles. The van der Waals surface area contributed by atoms with Crippen molar-refractivity contribution in [1.82, 2.24) is 9.80 Å². The topological polar surface area (TPSA) is 43.9 Å². The number of anilines is 1. The molecule has 2 aliphatic heterocycles. The molecule has 150 valence electrons. The SMILES string of the molecule is O=C1CC(N2CCN(C/C=C/c3ccccc3)CC2)C(=O)N1c1cccc(Cl)c1. The number of nitrogens with zero attached hydrogens (tertiary/aromatic N) is 3. The van der Waals surface area contributed by atoms with Crippen LogP contribution in [0.25, 0.3) is 6.08 Å². The van der Waals surface area contributed by atoms with E-state index in [4.69, 9.17) is 11.6 Å². The second-order valence-electron chi connectivity index (χ2n) is 7.42. The van der Waals surface area contributed by atoms with Gasteiger partial charge >= 0.3 is 0 Å². The van der Waals surface area contributed by atoms with E-state index in [9.17, 15) is 9.59 Å². The molecule has 0 aliphatic carbocycles. The molecule has 29 heavy (non-hydrogen) atoms. The number of benzene rings is 2. The maximum Gasteiger partial charge on any atom is 0.251 e. The Balaban J connectivity index is 1.32. The van der Waals surface area contributed by atoms with Crippen LogP contribution in [-0.2, 0) is 9.59 Å². The molecule has 2 aliphatic rings. The van der Waals surface area contributed by atoms with Gasteiger partial charge in [0.25, 0.3) is 5.91 Å². The van der Waals surface area contributed by atoms with Gasteiger partial charge in [-0.2, -0.15) is 0 Å². The highest BCUT2D eigenvalue weighted by Crippen LogP contribution is 2.28. The summed E-state index contributed by atoms with van der Waals surface area (Å²) in [5.41, 5.74) is 1.75. The second kappa shape index (κ2) is 8.91. The van der Waals surface area contributed by atoms with Crippen LogP contribution in [0.2, 0.25) is 5.02 Å². The van der Waals surface area contributed by atoms with E-state index in [1.54, 1.807) is 24.3 Å². The lowest BCUT2D eigenvalue weighted by molar-refractivity contribution is -0.123. The van der Waals surface area contributed by atoms with Gasteiger partial charge in [0, 0.05) is 37.7 Å². The van der Waals surface area contributed by atoms with Crippen LogP contribution >= 0.6 is 11.6 Å². The fraction of sp³-hybridized carbons (Fsp3) is 0.304. The van der Waals surface area contributed by atoms with E-state index < -0.39 is 0 Å². The molecule has 0 N–H and O–H groups in total. The summed E-state index contributed by atoms with van der Waals surface area (Å²) >= 11 is 6.03. The zero-order valence-electron chi connectivity index (χ0n) is 16.2. The van der Waals surface area contributed by atoms with Gasteiger partial charge < -0.3 is 0 Å². The predicted octanol–water partition coefficient (Wildman–Crippen LogP) is 3.30. The first-order valence-electron chi connectivity index (χ1n) is 9.92. The number of piperazine rings is 1. The molecule has 2 aromatic rings. The van der Waals surface area contributed by atoms with Gasteiger partial charge in [-0.15, -0.1) is 0 Å². The van der Waals surface area contributed by atoms with E-state index in [-0.39, 0.29) is 24.3 Å². The molecule has 2 amide bonds. The van der Waals surface area contributed by atoms with E-state index in [0.29, 0.717) is 10.7 Å². The fourth-order valence-corrected chi connectivity index (χ4v) is 4.13. The molecule has 2 heterocycles. The quantitative estimate of drug-likeness (QED) is 0.711. The maximum absolute atomic E-state index is 12.9. The van der Waals surface area contributed by atoms with Crippen LogP contribution in [0.1, 0.15) is 12.0 Å². The minimum atomic E-state index is -0.372. The van der Waals surface area contributed by atoms with Crippen molar-refractivity contribution in [1.29, 1.82) is 0 Å². The number of hydrogen-bond acceptors (Lipinski definition) is 4. The largest absolute Gasteiger partial charge is 0.297 e. The van der Waals surface area contributed by atoms with E-state index in [1.165, 1.54) is 10.5 Å². The first-order chi connectivity index (χ1) is 14.1. The molecule has 2 fully saturated rings. The molecule has 0 radical (unpaired) electrons. The second-order valence-corrected chi connectivity index (χ2v) is 7.85. The lowest BCUT2D eigenvalue weighted by Gasteiger charge is -2.36. The smallest absolute Gasteiger partial charge is 0.251 e. The van der Waals surface area contributed by atoms with E-state index in [1.807, 2.05) is 18.2 Å². The fourth-order valence-electron chi connectivity index (χ4n) is 3.95. The molecule has 6 heteroatoms. The lowest BCUT2D eigenvalue weighted by atomic mass is 10.1. The summed E-state index contributed by atoms with van der Waals surface area (Å²) in [5, 5.41) is 0.517. The van der Waals surface area contributed by atoms with Crippen molar-refractivity contribution in [3.63, 3.8) is 0 Å². The summed E-state index contributed by atoms with van der Waals surface area (Å²) in [4.78, 5) is 31.2. The van der Waals surface area contributed by atoms with Gasteiger partial charge in [-0.3, -0.25) is 19.4 Å². The standard InChI is InChI=1S/C23H24ClN3O2/c24-19-9-4-10-20(16-19)27-22(28)17-21(23(27)29)26-14-12-25(13-15-26)11-5-8-18-6-2-1-3-7-18/h1-10,16,21H,11-15,17H2/b8-5+. The summed E-state index contributed by atoms with van der Waals surface area (Å²) < 4.78 is 0. The number of halogens is 1. The minimum Gasteiger partial charge on any atom is -0.297 e. The third kappa shape index (κ3) is 4.58. The van der Waals surface area contributed by atoms with Gasteiger partial charge in [0.15, 0.2) is 0 Å². The van der Waals surface area contributed by atoms with Crippen molar-refractivity contribution in [2.24, 2.45) is 0 Å². The van der Waals surface area contributed by atoms with Gasteiger partial charge in [-0.25, -0.2) is 4.90 Å². The van der Waals surface area contributed by atoms with Gasteiger partial charge in [-0.05, 0) is 23.8 Å². The molecule has 0 spiro atoms.